The summed E-state index contributed by atoms with van der Waals surface area (Å²) in [5.41, 5.74) is 5.20. The molecule has 0 heterocycles. The Hall–Kier alpha value is 0.134. The molecule has 0 unspecified atom stereocenters. The molecular weight excluding hydrogens is 106 g/mol. The number of nitrogens with two attached hydrogens (primary N) is 1. The largest absolute Gasteiger partial charge is 0.327 e. The summed E-state index contributed by atoms with van der Waals surface area (Å²) in [6.07, 6.45) is 2.11. The van der Waals surface area contributed by atoms with Gasteiger partial charge in [-0.15, -0.1) is 4.82 Å². The third-order valence-electron chi connectivity index (χ3n) is 0.526. The van der Waals surface area contributed by atoms with Gasteiger partial charge in [0, 0.05) is 27.0 Å². The van der Waals surface area contributed by atoms with E-state index < -0.39 is 0 Å². The maximum Gasteiger partial charge on any atom is 0.0268 e. The SMILES string of the molecule is NCC=C([SiH3])[SiH3]. The zero-order valence-corrected chi connectivity index (χ0v) is 8.36. The van der Waals surface area contributed by atoms with Gasteiger partial charge in [0.25, 0.3) is 0 Å². The van der Waals surface area contributed by atoms with Crippen LogP contribution in [0.4, 0.5) is 0 Å². The molecule has 0 radical (unpaired) electrons. The lowest BCUT2D eigenvalue weighted by molar-refractivity contribution is 1.26. The standard InChI is InChI=1S/C3H11NSi2/c4-2-1-3(5)6/h1H,2,4H2,5-6H3. The third-order valence-corrected chi connectivity index (χ3v) is 1.34. The van der Waals surface area contributed by atoms with Crippen LogP contribution in [-0.2, 0) is 0 Å². The molecule has 36 valence electrons. The lowest BCUT2D eigenvalue weighted by Gasteiger charge is -1.80. The molecule has 0 spiro atoms. The minimum absolute atomic E-state index is 0.738. The van der Waals surface area contributed by atoms with Crippen molar-refractivity contribution in [3.63, 3.8) is 0 Å². The van der Waals surface area contributed by atoms with Gasteiger partial charge in [0.2, 0.25) is 0 Å². The van der Waals surface area contributed by atoms with Crippen molar-refractivity contribution in [3.8, 4) is 0 Å². The fourth-order valence-electron chi connectivity index (χ4n) is 0.236. The van der Waals surface area contributed by atoms with Crippen LogP contribution in [0.15, 0.2) is 10.9 Å². The van der Waals surface area contributed by atoms with E-state index >= 15 is 0 Å². The normalized spacial score (nSPS) is 8.83. The molecule has 0 fully saturated rings. The molecule has 6 heavy (non-hydrogen) atoms. The van der Waals surface area contributed by atoms with Crippen LogP contribution < -0.4 is 5.73 Å². The molecule has 0 aliphatic carbocycles. The highest BCUT2D eigenvalue weighted by Gasteiger charge is 1.67. The van der Waals surface area contributed by atoms with Gasteiger partial charge >= 0.3 is 0 Å². The van der Waals surface area contributed by atoms with Crippen LogP contribution in [0, 0.1) is 0 Å². The smallest absolute Gasteiger partial charge is 0.0268 e. The minimum atomic E-state index is 0.738. The maximum atomic E-state index is 5.20. The van der Waals surface area contributed by atoms with E-state index in [4.69, 9.17) is 5.73 Å². The molecule has 3 heteroatoms. The summed E-state index contributed by atoms with van der Waals surface area (Å²) in [6.45, 7) is 0.738. The van der Waals surface area contributed by atoms with Crippen molar-refractivity contribution in [2.75, 3.05) is 6.54 Å². The Labute approximate surface area is 44.5 Å². The maximum absolute atomic E-state index is 5.20. The minimum Gasteiger partial charge on any atom is -0.327 e. The molecule has 0 amide bonds. The molecule has 0 aromatic heterocycles. The van der Waals surface area contributed by atoms with E-state index in [0.29, 0.717) is 0 Å². The molecule has 0 atom stereocenters. The van der Waals surface area contributed by atoms with Crippen molar-refractivity contribution in [3.05, 3.63) is 10.9 Å². The fraction of sp³-hybridized carbons (Fsp3) is 0.333. The highest BCUT2D eigenvalue weighted by atomic mass is 28.2. The summed E-state index contributed by atoms with van der Waals surface area (Å²) in [7, 11) is 2.44. The molecule has 0 aromatic rings. The van der Waals surface area contributed by atoms with Gasteiger partial charge in [-0.25, -0.2) is 0 Å². The molecular formula is C3H11NSi2. The summed E-state index contributed by atoms with van der Waals surface area (Å²) in [6, 6.07) is 0. The fourth-order valence-corrected chi connectivity index (χ4v) is 0.707. The van der Waals surface area contributed by atoms with Gasteiger partial charge in [-0.3, -0.25) is 0 Å². The summed E-state index contributed by atoms with van der Waals surface area (Å²) >= 11 is 0. The highest BCUT2D eigenvalue weighted by Crippen LogP contribution is 1.69. The Morgan fingerprint density at radius 3 is 2.17 bits per heavy atom. The van der Waals surface area contributed by atoms with E-state index in [1.807, 2.05) is 0 Å². The Morgan fingerprint density at radius 2 is 2.17 bits per heavy atom. The highest BCUT2D eigenvalue weighted by molar-refractivity contribution is 6.48. The quantitative estimate of drug-likeness (QED) is 0.378. The summed E-state index contributed by atoms with van der Waals surface area (Å²) in [4.78, 5) is 1.57. The van der Waals surface area contributed by atoms with E-state index in [9.17, 15) is 0 Å². The van der Waals surface area contributed by atoms with Crippen LogP contribution in [0.1, 0.15) is 0 Å². The first-order valence-corrected chi connectivity index (χ1v) is 4.11. The van der Waals surface area contributed by atoms with Gasteiger partial charge in [-0.1, -0.05) is 6.08 Å². The van der Waals surface area contributed by atoms with Gasteiger partial charge in [0.15, 0.2) is 0 Å². The Morgan fingerprint density at radius 1 is 1.67 bits per heavy atom. The lowest BCUT2D eigenvalue weighted by Crippen LogP contribution is -1.95. The second kappa shape index (κ2) is 3.33. The van der Waals surface area contributed by atoms with Gasteiger partial charge in [-0.05, 0) is 0 Å². The molecule has 1 nitrogen and oxygen atoms in total. The van der Waals surface area contributed by atoms with Crippen molar-refractivity contribution < 1.29 is 0 Å². The second-order valence-electron chi connectivity index (χ2n) is 1.52. The van der Waals surface area contributed by atoms with Crippen molar-refractivity contribution in [2.24, 2.45) is 5.73 Å². The number of hydrogen-bond acceptors (Lipinski definition) is 1. The topological polar surface area (TPSA) is 26.0 Å². The van der Waals surface area contributed by atoms with E-state index in [1.165, 1.54) is 20.5 Å². The monoisotopic (exact) mass is 117 g/mol. The average Bonchev–Trinajstić information content (AvgIpc) is 1.35. The van der Waals surface area contributed by atoms with Gasteiger partial charge in [0.1, 0.15) is 0 Å². The first-order valence-electron chi connectivity index (χ1n) is 2.11. The van der Waals surface area contributed by atoms with E-state index in [-0.39, 0.29) is 0 Å². The first-order chi connectivity index (χ1) is 2.77. The van der Waals surface area contributed by atoms with Crippen molar-refractivity contribution in [1.29, 1.82) is 0 Å². The molecule has 0 aliphatic heterocycles. The lowest BCUT2D eigenvalue weighted by atomic mass is 10.7. The van der Waals surface area contributed by atoms with E-state index in [0.717, 1.165) is 6.54 Å². The molecule has 0 saturated heterocycles. The zero-order valence-electron chi connectivity index (χ0n) is 4.36. The van der Waals surface area contributed by atoms with Crippen LogP contribution >= 0.6 is 0 Å². The molecule has 0 rings (SSSR count). The number of rotatable bonds is 1. The van der Waals surface area contributed by atoms with Gasteiger partial charge < -0.3 is 5.73 Å². The van der Waals surface area contributed by atoms with Crippen LogP contribution in [0.3, 0.4) is 0 Å². The Kier molecular flexibility index (Phi) is 3.40. The zero-order chi connectivity index (χ0) is 4.99. The van der Waals surface area contributed by atoms with E-state index in [1.54, 1.807) is 4.82 Å². The van der Waals surface area contributed by atoms with Crippen LogP contribution in [-0.4, -0.2) is 27.0 Å². The molecule has 0 aromatic carbocycles. The van der Waals surface area contributed by atoms with Crippen LogP contribution in [0.25, 0.3) is 0 Å². The first kappa shape index (κ1) is 6.13. The van der Waals surface area contributed by atoms with Crippen LogP contribution in [0.2, 0.25) is 0 Å². The van der Waals surface area contributed by atoms with Crippen LogP contribution in [0.5, 0.6) is 0 Å². The summed E-state index contributed by atoms with van der Waals surface area (Å²) in [5.74, 6) is 0. The molecule has 0 aliphatic rings. The van der Waals surface area contributed by atoms with E-state index in [2.05, 4.69) is 6.08 Å². The Bertz CT molecular complexity index is 55.8. The van der Waals surface area contributed by atoms with Gasteiger partial charge in [-0.2, -0.15) is 0 Å². The number of hydrogen-bond donors (Lipinski definition) is 1. The molecule has 0 bridgehead atoms. The molecule has 0 saturated carbocycles. The second-order valence-corrected chi connectivity index (χ2v) is 6.67. The summed E-state index contributed by atoms with van der Waals surface area (Å²) < 4.78 is 0. The molecule has 2 N–H and O–H groups in total. The Balaban J connectivity index is 3.14. The summed E-state index contributed by atoms with van der Waals surface area (Å²) in [5, 5.41) is 0. The van der Waals surface area contributed by atoms with Crippen molar-refractivity contribution in [1.82, 2.24) is 0 Å². The van der Waals surface area contributed by atoms with Crippen molar-refractivity contribution >= 4 is 20.5 Å². The third kappa shape index (κ3) is 4.13. The predicted molar refractivity (Wildman–Crippen MR) is 37.0 cm³/mol. The van der Waals surface area contributed by atoms with Crippen molar-refractivity contribution in [2.45, 2.75) is 0 Å². The predicted octanol–water partition coefficient (Wildman–Crippen LogP) is -2.48. The average molecular weight is 117 g/mol. The van der Waals surface area contributed by atoms with Gasteiger partial charge in [0.05, 0.1) is 0 Å².